The van der Waals surface area contributed by atoms with Gasteiger partial charge in [-0.05, 0) is 24.1 Å². The molecule has 0 spiro atoms. The number of benzene rings is 1. The van der Waals surface area contributed by atoms with E-state index in [-0.39, 0.29) is 6.04 Å². The van der Waals surface area contributed by atoms with Crippen LogP contribution in [0.2, 0.25) is 0 Å². The lowest BCUT2D eigenvalue weighted by atomic mass is 10.0. The molecule has 1 saturated heterocycles. The SMILES string of the molecule is CCC1COCCN1C(CN)c1ccc2c(c1)OCCO2. The van der Waals surface area contributed by atoms with Gasteiger partial charge in [-0.1, -0.05) is 13.0 Å². The number of ether oxygens (including phenoxy) is 3. The molecule has 21 heavy (non-hydrogen) atoms. The van der Waals surface area contributed by atoms with Gasteiger partial charge >= 0.3 is 0 Å². The Morgan fingerprint density at radius 3 is 2.81 bits per heavy atom. The Balaban J connectivity index is 1.85. The molecule has 1 aromatic carbocycles. The first kappa shape index (κ1) is 14.6. The van der Waals surface area contributed by atoms with E-state index in [9.17, 15) is 0 Å². The van der Waals surface area contributed by atoms with Gasteiger partial charge in [0.1, 0.15) is 13.2 Å². The molecule has 2 heterocycles. The second kappa shape index (κ2) is 6.64. The lowest BCUT2D eigenvalue weighted by Gasteiger charge is -2.40. The van der Waals surface area contributed by atoms with Gasteiger partial charge in [0.2, 0.25) is 0 Å². The van der Waals surface area contributed by atoms with E-state index in [4.69, 9.17) is 19.9 Å². The van der Waals surface area contributed by atoms with Gasteiger partial charge in [-0.25, -0.2) is 0 Å². The molecule has 3 rings (SSSR count). The zero-order valence-corrected chi connectivity index (χ0v) is 12.6. The molecule has 2 aliphatic rings. The molecule has 0 aliphatic carbocycles. The average Bonchev–Trinajstić information content (AvgIpc) is 2.56. The maximum atomic E-state index is 6.07. The molecule has 1 fully saturated rings. The second-order valence-corrected chi connectivity index (χ2v) is 5.53. The smallest absolute Gasteiger partial charge is 0.161 e. The van der Waals surface area contributed by atoms with E-state index >= 15 is 0 Å². The molecule has 0 radical (unpaired) electrons. The van der Waals surface area contributed by atoms with Crippen LogP contribution in [0.4, 0.5) is 0 Å². The number of nitrogens with zero attached hydrogens (tertiary/aromatic N) is 1. The van der Waals surface area contributed by atoms with E-state index in [1.807, 2.05) is 6.07 Å². The first-order valence-corrected chi connectivity index (χ1v) is 7.76. The van der Waals surface area contributed by atoms with Gasteiger partial charge in [0.25, 0.3) is 0 Å². The minimum absolute atomic E-state index is 0.203. The summed E-state index contributed by atoms with van der Waals surface area (Å²) in [6, 6.07) is 6.81. The fourth-order valence-electron chi connectivity index (χ4n) is 3.16. The molecule has 2 atom stereocenters. The van der Waals surface area contributed by atoms with Crippen LogP contribution in [0.15, 0.2) is 18.2 Å². The van der Waals surface area contributed by atoms with Crippen molar-refractivity contribution in [3.05, 3.63) is 23.8 Å². The van der Waals surface area contributed by atoms with Crippen LogP contribution < -0.4 is 15.2 Å². The van der Waals surface area contributed by atoms with Crippen molar-refractivity contribution in [3.8, 4) is 11.5 Å². The predicted molar refractivity (Wildman–Crippen MR) is 80.8 cm³/mol. The highest BCUT2D eigenvalue weighted by Crippen LogP contribution is 2.35. The summed E-state index contributed by atoms with van der Waals surface area (Å²) in [5, 5.41) is 0. The van der Waals surface area contributed by atoms with Crippen LogP contribution in [0.5, 0.6) is 11.5 Å². The van der Waals surface area contributed by atoms with Crippen LogP contribution in [0.3, 0.4) is 0 Å². The summed E-state index contributed by atoms with van der Waals surface area (Å²) < 4.78 is 16.9. The van der Waals surface area contributed by atoms with Crippen LogP contribution in [-0.4, -0.2) is 50.5 Å². The first-order chi connectivity index (χ1) is 10.3. The summed E-state index contributed by atoms with van der Waals surface area (Å²) in [5.74, 6) is 1.66. The van der Waals surface area contributed by atoms with E-state index < -0.39 is 0 Å². The zero-order valence-electron chi connectivity index (χ0n) is 12.6. The van der Waals surface area contributed by atoms with Crippen molar-refractivity contribution in [2.75, 3.05) is 39.5 Å². The normalized spacial score (nSPS) is 23.8. The van der Waals surface area contributed by atoms with E-state index in [1.54, 1.807) is 0 Å². The van der Waals surface area contributed by atoms with Crippen molar-refractivity contribution in [2.24, 2.45) is 5.73 Å². The molecule has 1 aromatic rings. The van der Waals surface area contributed by atoms with Crippen LogP contribution in [0.25, 0.3) is 0 Å². The van der Waals surface area contributed by atoms with E-state index in [0.29, 0.717) is 25.8 Å². The van der Waals surface area contributed by atoms with E-state index in [1.165, 1.54) is 5.56 Å². The number of hydrogen-bond acceptors (Lipinski definition) is 5. The van der Waals surface area contributed by atoms with E-state index in [0.717, 1.165) is 37.7 Å². The molecule has 0 saturated carbocycles. The largest absolute Gasteiger partial charge is 0.486 e. The summed E-state index contributed by atoms with van der Waals surface area (Å²) >= 11 is 0. The molecule has 5 nitrogen and oxygen atoms in total. The maximum Gasteiger partial charge on any atom is 0.161 e. The molecular weight excluding hydrogens is 268 g/mol. The van der Waals surface area contributed by atoms with Crippen LogP contribution >= 0.6 is 0 Å². The van der Waals surface area contributed by atoms with Gasteiger partial charge in [0, 0.05) is 25.2 Å². The quantitative estimate of drug-likeness (QED) is 0.913. The van der Waals surface area contributed by atoms with Crippen molar-refractivity contribution in [1.82, 2.24) is 4.90 Å². The van der Waals surface area contributed by atoms with Crippen molar-refractivity contribution in [1.29, 1.82) is 0 Å². The molecule has 0 aromatic heterocycles. The Bertz CT molecular complexity index is 481. The number of rotatable bonds is 4. The highest BCUT2D eigenvalue weighted by molar-refractivity contribution is 5.44. The van der Waals surface area contributed by atoms with Gasteiger partial charge < -0.3 is 19.9 Å². The Morgan fingerprint density at radius 2 is 2.05 bits per heavy atom. The maximum absolute atomic E-state index is 6.07. The molecular formula is C16H24N2O3. The van der Waals surface area contributed by atoms with Gasteiger partial charge in [-0.3, -0.25) is 4.90 Å². The van der Waals surface area contributed by atoms with Crippen molar-refractivity contribution >= 4 is 0 Å². The summed E-state index contributed by atoms with van der Waals surface area (Å²) in [6.45, 7) is 6.51. The Labute approximate surface area is 126 Å². The minimum Gasteiger partial charge on any atom is -0.486 e. The van der Waals surface area contributed by atoms with Gasteiger partial charge in [-0.2, -0.15) is 0 Å². The lowest BCUT2D eigenvalue weighted by Crippen LogP contribution is -2.48. The molecule has 2 N–H and O–H groups in total. The molecule has 0 bridgehead atoms. The fraction of sp³-hybridized carbons (Fsp3) is 0.625. The first-order valence-electron chi connectivity index (χ1n) is 7.76. The van der Waals surface area contributed by atoms with Crippen LogP contribution in [0.1, 0.15) is 24.9 Å². The standard InChI is InChI=1S/C16H24N2O3/c1-2-13-11-19-6-5-18(13)14(10-17)12-3-4-15-16(9-12)21-8-7-20-15/h3-4,9,13-14H,2,5-8,10-11,17H2,1H3. The summed E-state index contributed by atoms with van der Waals surface area (Å²) in [4.78, 5) is 2.47. The third kappa shape index (κ3) is 3.00. The summed E-state index contributed by atoms with van der Waals surface area (Å²) in [5.41, 5.74) is 7.27. The van der Waals surface area contributed by atoms with Crippen LogP contribution in [-0.2, 0) is 4.74 Å². The monoisotopic (exact) mass is 292 g/mol. The number of nitrogens with two attached hydrogens (primary N) is 1. The van der Waals surface area contributed by atoms with Crippen molar-refractivity contribution in [2.45, 2.75) is 25.4 Å². The van der Waals surface area contributed by atoms with Gasteiger partial charge in [-0.15, -0.1) is 0 Å². The highest BCUT2D eigenvalue weighted by Gasteiger charge is 2.29. The predicted octanol–water partition coefficient (Wildman–Crippen LogP) is 1.57. The van der Waals surface area contributed by atoms with Crippen molar-refractivity contribution in [3.63, 3.8) is 0 Å². The van der Waals surface area contributed by atoms with Crippen molar-refractivity contribution < 1.29 is 14.2 Å². The van der Waals surface area contributed by atoms with E-state index in [2.05, 4.69) is 24.0 Å². The average molecular weight is 292 g/mol. The Morgan fingerprint density at radius 1 is 1.24 bits per heavy atom. The molecule has 116 valence electrons. The Hall–Kier alpha value is -1.30. The summed E-state index contributed by atoms with van der Waals surface area (Å²) in [6.07, 6.45) is 1.07. The second-order valence-electron chi connectivity index (χ2n) is 5.53. The third-order valence-electron chi connectivity index (χ3n) is 4.32. The zero-order chi connectivity index (χ0) is 14.7. The number of morpholine rings is 1. The fourth-order valence-corrected chi connectivity index (χ4v) is 3.16. The lowest BCUT2D eigenvalue weighted by molar-refractivity contribution is -0.0291. The number of hydrogen-bond donors (Lipinski definition) is 1. The topological polar surface area (TPSA) is 57.0 Å². The third-order valence-corrected chi connectivity index (χ3v) is 4.32. The van der Waals surface area contributed by atoms with Crippen LogP contribution in [0, 0.1) is 0 Å². The summed E-state index contributed by atoms with van der Waals surface area (Å²) in [7, 11) is 0. The molecule has 0 amide bonds. The minimum atomic E-state index is 0.203. The molecule has 5 heteroatoms. The van der Waals surface area contributed by atoms with Gasteiger partial charge in [0.05, 0.1) is 13.2 Å². The molecule has 2 aliphatic heterocycles. The molecule has 2 unspecified atom stereocenters. The number of fused-ring (bicyclic) bond motifs is 1. The van der Waals surface area contributed by atoms with Gasteiger partial charge in [0.15, 0.2) is 11.5 Å². The Kier molecular flexibility index (Phi) is 4.63. The highest BCUT2D eigenvalue weighted by atomic mass is 16.6.